The Balaban J connectivity index is 2.05. The van der Waals surface area contributed by atoms with E-state index in [-0.39, 0.29) is 21.4 Å². The van der Waals surface area contributed by atoms with Crippen LogP contribution in [-0.4, -0.2) is 38.3 Å². The summed E-state index contributed by atoms with van der Waals surface area (Å²) in [5.74, 6) is -0.310. The summed E-state index contributed by atoms with van der Waals surface area (Å²) in [6.45, 7) is 4.71. The molecule has 0 aliphatic heterocycles. The maximum absolute atomic E-state index is 12.7. The number of rotatable bonds is 9. The molecule has 27 heavy (non-hydrogen) atoms. The van der Waals surface area contributed by atoms with Gasteiger partial charge < -0.3 is 5.32 Å². The average Bonchev–Trinajstić information content (AvgIpc) is 2.67. The molecule has 2 aromatic rings. The summed E-state index contributed by atoms with van der Waals surface area (Å²) < 4.78 is 26.7. The number of hydrogen-bond acceptors (Lipinski definition) is 3. The van der Waals surface area contributed by atoms with Gasteiger partial charge in [-0.3, -0.25) is 4.79 Å². The SMILES string of the molecule is CCN(CC)S(=O)(=O)c1cc(C(=O)NCCCc2ccccc2)ccc1Cl. The maximum Gasteiger partial charge on any atom is 0.251 e. The van der Waals surface area contributed by atoms with Gasteiger partial charge in [-0.25, -0.2) is 8.42 Å². The molecule has 1 amide bonds. The summed E-state index contributed by atoms with van der Waals surface area (Å²) in [5.41, 5.74) is 1.50. The molecule has 0 unspecified atom stereocenters. The molecule has 0 fully saturated rings. The number of aryl methyl sites for hydroxylation is 1. The second kappa shape index (κ2) is 9.88. The molecular weight excluding hydrogens is 384 g/mol. The number of sulfonamides is 1. The highest BCUT2D eigenvalue weighted by Gasteiger charge is 2.25. The van der Waals surface area contributed by atoms with Gasteiger partial charge in [0.25, 0.3) is 5.91 Å². The lowest BCUT2D eigenvalue weighted by Gasteiger charge is -2.19. The third kappa shape index (κ3) is 5.54. The number of halogens is 1. The van der Waals surface area contributed by atoms with Gasteiger partial charge in [-0.15, -0.1) is 0 Å². The predicted molar refractivity (Wildman–Crippen MR) is 109 cm³/mol. The number of carbonyl (C=O) groups excluding carboxylic acids is 1. The van der Waals surface area contributed by atoms with E-state index in [1.165, 1.54) is 28.1 Å². The number of carbonyl (C=O) groups is 1. The van der Waals surface area contributed by atoms with Gasteiger partial charge in [0.1, 0.15) is 4.90 Å². The van der Waals surface area contributed by atoms with E-state index in [0.717, 1.165) is 12.8 Å². The molecule has 0 spiro atoms. The largest absolute Gasteiger partial charge is 0.352 e. The molecule has 1 N–H and O–H groups in total. The summed E-state index contributed by atoms with van der Waals surface area (Å²) in [6, 6.07) is 14.4. The molecule has 5 nitrogen and oxygen atoms in total. The standard InChI is InChI=1S/C20H25ClN2O3S/c1-3-23(4-2)27(25,26)19-15-17(12-13-18(19)21)20(24)22-14-8-11-16-9-6-5-7-10-16/h5-7,9-10,12-13,15H,3-4,8,11,14H2,1-2H3,(H,22,24). The van der Waals surface area contributed by atoms with E-state index in [1.54, 1.807) is 13.8 Å². The summed E-state index contributed by atoms with van der Waals surface area (Å²) in [4.78, 5) is 12.4. The minimum absolute atomic E-state index is 0.0372. The zero-order valence-corrected chi connectivity index (χ0v) is 17.2. The molecule has 0 bridgehead atoms. The normalized spacial score (nSPS) is 11.6. The fourth-order valence-corrected chi connectivity index (χ4v) is 4.74. The molecule has 0 saturated carbocycles. The van der Waals surface area contributed by atoms with Crippen LogP contribution in [0.5, 0.6) is 0 Å². The van der Waals surface area contributed by atoms with Crippen molar-refractivity contribution in [3.63, 3.8) is 0 Å². The van der Waals surface area contributed by atoms with Gasteiger partial charge in [-0.1, -0.05) is 55.8 Å². The molecule has 7 heteroatoms. The minimum Gasteiger partial charge on any atom is -0.352 e. The van der Waals surface area contributed by atoms with Crippen LogP contribution in [-0.2, 0) is 16.4 Å². The van der Waals surface area contributed by atoms with E-state index in [1.807, 2.05) is 30.3 Å². The fourth-order valence-electron chi connectivity index (χ4n) is 2.79. The Labute approximate surface area is 166 Å². The Bertz CT molecular complexity index is 866. The predicted octanol–water partition coefficient (Wildman–Crippen LogP) is 3.73. The van der Waals surface area contributed by atoms with E-state index in [2.05, 4.69) is 5.32 Å². The molecule has 0 aliphatic carbocycles. The molecular formula is C20H25ClN2O3S. The highest BCUT2D eigenvalue weighted by molar-refractivity contribution is 7.89. The van der Waals surface area contributed by atoms with E-state index >= 15 is 0 Å². The van der Waals surface area contributed by atoms with Gasteiger partial charge in [-0.2, -0.15) is 4.31 Å². The number of nitrogens with zero attached hydrogens (tertiary/aromatic N) is 1. The van der Waals surface area contributed by atoms with Crippen molar-refractivity contribution in [2.24, 2.45) is 0 Å². The van der Waals surface area contributed by atoms with Gasteiger partial charge in [0.15, 0.2) is 0 Å². The highest BCUT2D eigenvalue weighted by atomic mass is 35.5. The first-order chi connectivity index (χ1) is 12.9. The first kappa shape index (κ1) is 21.4. The Kier molecular flexibility index (Phi) is 7.83. The van der Waals surface area contributed by atoms with Crippen LogP contribution < -0.4 is 5.32 Å². The molecule has 0 heterocycles. The van der Waals surface area contributed by atoms with Crippen LogP contribution in [0, 0.1) is 0 Å². The van der Waals surface area contributed by atoms with Gasteiger partial charge in [0.05, 0.1) is 5.02 Å². The third-order valence-corrected chi connectivity index (χ3v) is 6.82. The van der Waals surface area contributed by atoms with Crippen molar-refractivity contribution in [3.8, 4) is 0 Å². The summed E-state index contributed by atoms with van der Waals surface area (Å²) >= 11 is 6.10. The van der Waals surface area contributed by atoms with E-state index in [9.17, 15) is 13.2 Å². The number of nitrogens with one attached hydrogen (secondary N) is 1. The molecule has 0 radical (unpaired) electrons. The van der Waals surface area contributed by atoms with Crippen molar-refractivity contribution in [1.82, 2.24) is 9.62 Å². The minimum atomic E-state index is -3.73. The molecule has 2 aromatic carbocycles. The monoisotopic (exact) mass is 408 g/mol. The fraction of sp³-hybridized carbons (Fsp3) is 0.350. The maximum atomic E-state index is 12.7. The Morgan fingerprint density at radius 2 is 1.74 bits per heavy atom. The summed E-state index contributed by atoms with van der Waals surface area (Å²) in [7, 11) is -3.73. The molecule has 0 atom stereocenters. The Morgan fingerprint density at radius 1 is 1.07 bits per heavy atom. The van der Waals surface area contributed by atoms with Crippen LogP contribution in [0.4, 0.5) is 0 Å². The molecule has 0 aromatic heterocycles. The van der Waals surface area contributed by atoms with E-state index in [0.29, 0.717) is 19.6 Å². The van der Waals surface area contributed by atoms with Crippen molar-refractivity contribution >= 4 is 27.5 Å². The van der Waals surface area contributed by atoms with Crippen molar-refractivity contribution in [2.75, 3.05) is 19.6 Å². The first-order valence-corrected chi connectivity index (χ1v) is 10.8. The van der Waals surface area contributed by atoms with Crippen LogP contribution in [0.3, 0.4) is 0 Å². The van der Waals surface area contributed by atoms with Crippen molar-refractivity contribution < 1.29 is 13.2 Å². The lowest BCUT2D eigenvalue weighted by molar-refractivity contribution is 0.0953. The van der Waals surface area contributed by atoms with Gasteiger partial charge in [0.2, 0.25) is 10.0 Å². The zero-order chi connectivity index (χ0) is 19.9. The lowest BCUT2D eigenvalue weighted by Crippen LogP contribution is -2.31. The molecule has 146 valence electrons. The van der Waals surface area contributed by atoms with Gasteiger partial charge in [0, 0.05) is 25.2 Å². The van der Waals surface area contributed by atoms with Crippen molar-refractivity contribution in [2.45, 2.75) is 31.6 Å². The van der Waals surface area contributed by atoms with Crippen LogP contribution in [0.15, 0.2) is 53.4 Å². The number of amides is 1. The second-order valence-corrected chi connectivity index (χ2v) is 8.39. The van der Waals surface area contributed by atoms with Gasteiger partial charge >= 0.3 is 0 Å². The van der Waals surface area contributed by atoms with Crippen LogP contribution in [0.25, 0.3) is 0 Å². The Morgan fingerprint density at radius 3 is 2.37 bits per heavy atom. The number of benzene rings is 2. The third-order valence-electron chi connectivity index (χ3n) is 4.29. The molecule has 2 rings (SSSR count). The van der Waals surface area contributed by atoms with Crippen LogP contribution in [0.1, 0.15) is 36.2 Å². The Hall–Kier alpha value is -1.89. The van der Waals surface area contributed by atoms with Crippen molar-refractivity contribution in [3.05, 3.63) is 64.7 Å². The summed E-state index contributed by atoms with van der Waals surface area (Å²) in [6.07, 6.45) is 1.66. The smallest absolute Gasteiger partial charge is 0.251 e. The molecule has 0 aliphatic rings. The van der Waals surface area contributed by atoms with Gasteiger partial charge in [-0.05, 0) is 36.6 Å². The quantitative estimate of drug-likeness (QED) is 0.643. The summed E-state index contributed by atoms with van der Waals surface area (Å²) in [5, 5.41) is 2.95. The lowest BCUT2D eigenvalue weighted by atomic mass is 10.1. The average molecular weight is 409 g/mol. The topological polar surface area (TPSA) is 66.5 Å². The van der Waals surface area contributed by atoms with E-state index in [4.69, 9.17) is 11.6 Å². The zero-order valence-electron chi connectivity index (χ0n) is 15.6. The highest BCUT2D eigenvalue weighted by Crippen LogP contribution is 2.25. The van der Waals surface area contributed by atoms with Crippen LogP contribution >= 0.6 is 11.6 Å². The van der Waals surface area contributed by atoms with Crippen LogP contribution in [0.2, 0.25) is 5.02 Å². The molecule has 0 saturated heterocycles. The van der Waals surface area contributed by atoms with Crippen molar-refractivity contribution in [1.29, 1.82) is 0 Å². The van der Waals surface area contributed by atoms with E-state index < -0.39 is 10.0 Å². The first-order valence-electron chi connectivity index (χ1n) is 9.02. The second-order valence-electron chi connectivity index (χ2n) is 6.08. The number of hydrogen-bond donors (Lipinski definition) is 1.